The minimum absolute atomic E-state index is 0.0399. The van der Waals surface area contributed by atoms with Crippen LogP contribution in [0.2, 0.25) is 0 Å². The Morgan fingerprint density at radius 1 is 1.09 bits per heavy atom. The van der Waals surface area contributed by atoms with E-state index in [1.807, 2.05) is 13.8 Å². The van der Waals surface area contributed by atoms with Crippen LogP contribution in [0.25, 0.3) is 0 Å². The maximum absolute atomic E-state index is 13.2. The molecule has 1 saturated heterocycles. The van der Waals surface area contributed by atoms with Gasteiger partial charge in [-0.25, -0.2) is 0 Å². The van der Waals surface area contributed by atoms with Crippen LogP contribution in [-0.2, 0) is 14.4 Å². The minimum atomic E-state index is -0.932. The molecule has 0 radical (unpaired) electrons. The summed E-state index contributed by atoms with van der Waals surface area (Å²) in [5, 5.41) is 18.1. The molecule has 34 heavy (non-hydrogen) atoms. The number of aliphatic hydroxyl groups excluding tert-OH is 1. The highest BCUT2D eigenvalue weighted by atomic mass is 16.5. The highest BCUT2D eigenvalue weighted by Gasteiger charge is 2.31. The van der Waals surface area contributed by atoms with E-state index in [0.717, 1.165) is 0 Å². The summed E-state index contributed by atoms with van der Waals surface area (Å²) in [5.41, 5.74) is 0.264. The summed E-state index contributed by atoms with van der Waals surface area (Å²) in [5.74, 6) is -1.27. The first kappa shape index (κ1) is 25.5. The normalized spacial score (nSPS) is 23.5. The van der Waals surface area contributed by atoms with Crippen molar-refractivity contribution in [3.8, 4) is 5.75 Å². The quantitative estimate of drug-likeness (QED) is 0.483. The third kappa shape index (κ3) is 6.69. The predicted molar refractivity (Wildman–Crippen MR) is 124 cm³/mol. The summed E-state index contributed by atoms with van der Waals surface area (Å²) in [7, 11) is 0. The van der Waals surface area contributed by atoms with Gasteiger partial charge in [0.2, 0.25) is 17.7 Å². The number of likely N-dealkylation sites (tertiary alicyclic amines) is 1. The number of piperidine rings is 1. The van der Waals surface area contributed by atoms with E-state index in [0.29, 0.717) is 31.7 Å². The van der Waals surface area contributed by atoms with E-state index < -0.39 is 24.1 Å². The Morgan fingerprint density at radius 3 is 2.50 bits per heavy atom. The molecule has 0 saturated carbocycles. The van der Waals surface area contributed by atoms with Crippen molar-refractivity contribution in [1.82, 2.24) is 20.9 Å². The van der Waals surface area contributed by atoms with Crippen molar-refractivity contribution in [2.45, 2.75) is 57.7 Å². The van der Waals surface area contributed by atoms with Crippen molar-refractivity contribution in [2.24, 2.45) is 5.92 Å². The average Bonchev–Trinajstić information content (AvgIpc) is 2.82. The molecule has 4 N–H and O–H groups in total. The first-order chi connectivity index (χ1) is 16.3. The van der Waals surface area contributed by atoms with Crippen molar-refractivity contribution in [2.75, 3.05) is 26.2 Å². The fourth-order valence-electron chi connectivity index (χ4n) is 4.08. The minimum Gasteiger partial charge on any atom is -0.491 e. The van der Waals surface area contributed by atoms with Crippen LogP contribution in [0.1, 0.15) is 49.9 Å². The van der Waals surface area contributed by atoms with E-state index in [9.17, 15) is 24.3 Å². The first-order valence-electron chi connectivity index (χ1n) is 11.8. The summed E-state index contributed by atoms with van der Waals surface area (Å²) < 4.78 is 5.74. The lowest BCUT2D eigenvalue weighted by Gasteiger charge is -2.32. The average molecular weight is 475 g/mol. The van der Waals surface area contributed by atoms with Gasteiger partial charge in [-0.3, -0.25) is 19.2 Å². The van der Waals surface area contributed by atoms with Gasteiger partial charge in [-0.2, -0.15) is 0 Å². The predicted octanol–water partition coefficient (Wildman–Crippen LogP) is 0.198. The van der Waals surface area contributed by atoms with Crippen LogP contribution in [0.5, 0.6) is 5.75 Å². The van der Waals surface area contributed by atoms with E-state index in [-0.39, 0.29) is 55.2 Å². The van der Waals surface area contributed by atoms with Crippen LogP contribution in [0.3, 0.4) is 0 Å². The monoisotopic (exact) mass is 474 g/mol. The largest absolute Gasteiger partial charge is 0.491 e. The Hall–Kier alpha value is -3.14. The number of aliphatic hydroxyl groups is 1. The highest BCUT2D eigenvalue weighted by Crippen LogP contribution is 2.19. The number of ether oxygens (including phenoxy) is 1. The standard InChI is InChI=1S/C24H34N4O6/c1-15(2)21-23(32)25-11-14-34-19-6-4-3-5-17(19)22(31)26-18(7-8-20(30)27-21)24(33)28-12-9-16(29)10-13-28/h3-6,15-16,18,21,29H,7-14H2,1-2H3,(H,25,32)(H,26,31)(H,27,30)/t18-,21-/m0/s1. The molecule has 1 fully saturated rings. The van der Waals surface area contributed by atoms with Crippen molar-refractivity contribution in [3.05, 3.63) is 29.8 Å². The van der Waals surface area contributed by atoms with Crippen molar-refractivity contribution >= 4 is 23.6 Å². The Kier molecular flexibility index (Phi) is 8.86. The van der Waals surface area contributed by atoms with E-state index in [1.54, 1.807) is 29.2 Å². The topological polar surface area (TPSA) is 137 Å². The van der Waals surface area contributed by atoms with Gasteiger partial charge in [0, 0.05) is 19.5 Å². The number of nitrogens with one attached hydrogen (secondary N) is 3. The van der Waals surface area contributed by atoms with Crippen LogP contribution >= 0.6 is 0 Å². The third-order valence-corrected chi connectivity index (χ3v) is 6.10. The zero-order valence-electron chi connectivity index (χ0n) is 19.7. The van der Waals surface area contributed by atoms with Crippen LogP contribution in [0.15, 0.2) is 24.3 Å². The zero-order chi connectivity index (χ0) is 24.7. The Labute approximate surface area is 199 Å². The number of benzene rings is 1. The lowest BCUT2D eigenvalue weighted by molar-refractivity contribution is -0.136. The Morgan fingerprint density at radius 2 is 1.79 bits per heavy atom. The van der Waals surface area contributed by atoms with Gasteiger partial charge in [0.15, 0.2) is 0 Å². The van der Waals surface area contributed by atoms with Gasteiger partial charge in [0.25, 0.3) is 5.91 Å². The fraction of sp³-hybridized carbons (Fsp3) is 0.583. The van der Waals surface area contributed by atoms with Gasteiger partial charge in [-0.1, -0.05) is 26.0 Å². The molecule has 2 aliphatic rings. The number of hydrogen-bond acceptors (Lipinski definition) is 6. The molecule has 2 aliphatic heterocycles. The second-order valence-electron chi connectivity index (χ2n) is 9.05. The number of amides is 4. The molecule has 10 heteroatoms. The molecule has 3 rings (SSSR count). The maximum Gasteiger partial charge on any atom is 0.255 e. The first-order valence-corrected chi connectivity index (χ1v) is 11.8. The van der Waals surface area contributed by atoms with Gasteiger partial charge >= 0.3 is 0 Å². The van der Waals surface area contributed by atoms with E-state index in [2.05, 4.69) is 16.0 Å². The zero-order valence-corrected chi connectivity index (χ0v) is 19.7. The summed E-state index contributed by atoms with van der Waals surface area (Å²) in [6.45, 7) is 4.77. The molecule has 186 valence electrons. The number of carbonyl (C=O) groups excluding carboxylic acids is 4. The van der Waals surface area contributed by atoms with Crippen molar-refractivity contribution in [1.29, 1.82) is 0 Å². The lowest BCUT2D eigenvalue weighted by atomic mass is 10.0. The molecular formula is C24H34N4O6. The smallest absolute Gasteiger partial charge is 0.255 e. The molecule has 10 nitrogen and oxygen atoms in total. The van der Waals surface area contributed by atoms with Crippen molar-refractivity contribution in [3.63, 3.8) is 0 Å². The molecule has 0 spiro atoms. The molecule has 2 heterocycles. The summed E-state index contributed by atoms with van der Waals surface area (Å²) in [4.78, 5) is 53.2. The number of rotatable bonds is 2. The molecule has 1 aromatic carbocycles. The lowest BCUT2D eigenvalue weighted by Crippen LogP contribution is -2.52. The molecule has 4 amide bonds. The van der Waals surface area contributed by atoms with Gasteiger partial charge in [-0.15, -0.1) is 0 Å². The molecule has 0 unspecified atom stereocenters. The number of carbonyl (C=O) groups is 4. The van der Waals surface area contributed by atoms with Gasteiger partial charge in [0.1, 0.15) is 24.4 Å². The molecule has 1 aromatic rings. The summed E-state index contributed by atoms with van der Waals surface area (Å²) in [6.07, 6.45) is 0.524. The SMILES string of the molecule is CC(C)[C@@H]1NC(=O)CC[C@@H](C(=O)N2CCC(O)CC2)NC(=O)c2ccccc2OCCNC1=O. The Balaban J connectivity index is 1.84. The van der Waals surface area contributed by atoms with Crippen LogP contribution < -0.4 is 20.7 Å². The molecule has 0 bridgehead atoms. The fourth-order valence-corrected chi connectivity index (χ4v) is 4.08. The van der Waals surface area contributed by atoms with Gasteiger partial charge in [0.05, 0.1) is 18.2 Å². The number of hydrogen-bond donors (Lipinski definition) is 4. The molecule has 2 atom stereocenters. The van der Waals surface area contributed by atoms with Gasteiger partial charge < -0.3 is 30.7 Å². The molecule has 0 aliphatic carbocycles. The third-order valence-electron chi connectivity index (χ3n) is 6.10. The van der Waals surface area contributed by atoms with E-state index >= 15 is 0 Å². The highest BCUT2D eigenvalue weighted by molar-refractivity contribution is 5.99. The molecular weight excluding hydrogens is 440 g/mol. The van der Waals surface area contributed by atoms with Crippen LogP contribution in [0, 0.1) is 5.92 Å². The second kappa shape index (κ2) is 11.8. The Bertz CT molecular complexity index is 897. The number of fused-ring (bicyclic) bond motifs is 1. The summed E-state index contributed by atoms with van der Waals surface area (Å²) in [6, 6.07) is 5.02. The van der Waals surface area contributed by atoms with Gasteiger partial charge in [-0.05, 0) is 37.3 Å². The molecule has 0 aromatic heterocycles. The van der Waals surface area contributed by atoms with Crippen molar-refractivity contribution < 1.29 is 29.0 Å². The number of para-hydroxylation sites is 1. The van der Waals surface area contributed by atoms with Crippen LogP contribution in [0.4, 0.5) is 0 Å². The maximum atomic E-state index is 13.2. The number of nitrogens with zero attached hydrogens (tertiary/aromatic N) is 1. The van der Waals surface area contributed by atoms with E-state index in [1.165, 1.54) is 0 Å². The van der Waals surface area contributed by atoms with E-state index in [4.69, 9.17) is 4.74 Å². The summed E-state index contributed by atoms with van der Waals surface area (Å²) >= 11 is 0. The second-order valence-corrected chi connectivity index (χ2v) is 9.05. The van der Waals surface area contributed by atoms with Crippen LogP contribution in [-0.4, -0.2) is 78.1 Å².